The lowest BCUT2D eigenvalue weighted by Gasteiger charge is -2.25. The van der Waals surface area contributed by atoms with Gasteiger partial charge in [0.2, 0.25) is 0 Å². The van der Waals surface area contributed by atoms with E-state index in [0.29, 0.717) is 0 Å². The van der Waals surface area contributed by atoms with Crippen molar-refractivity contribution in [1.29, 1.82) is 0 Å². The highest BCUT2D eigenvalue weighted by atomic mass is 15.3. The molecule has 0 fully saturated rings. The van der Waals surface area contributed by atoms with Crippen LogP contribution in [0.4, 0.5) is 0 Å². The molecule has 0 aromatic carbocycles. The summed E-state index contributed by atoms with van der Waals surface area (Å²) in [6.45, 7) is 6.27. The fourth-order valence-corrected chi connectivity index (χ4v) is 0.961. The van der Waals surface area contributed by atoms with Crippen LogP contribution in [0.2, 0.25) is 0 Å². The zero-order valence-electron chi connectivity index (χ0n) is 8.07. The van der Waals surface area contributed by atoms with Crippen LogP contribution >= 0.6 is 0 Å². The monoisotopic (exact) mass is 168 g/mol. The van der Waals surface area contributed by atoms with E-state index in [-0.39, 0.29) is 11.5 Å². The Morgan fingerprint density at radius 1 is 1.50 bits per heavy atom. The van der Waals surface area contributed by atoms with Crippen LogP contribution in [-0.4, -0.2) is 14.8 Å². The first-order valence-corrected chi connectivity index (χ1v) is 4.02. The Labute approximate surface area is 72.8 Å². The molecule has 0 bridgehead atoms. The summed E-state index contributed by atoms with van der Waals surface area (Å²) >= 11 is 0. The third-order valence-electron chi connectivity index (χ3n) is 1.96. The average Bonchev–Trinajstić information content (AvgIpc) is 2.31. The Morgan fingerprint density at radius 3 is 2.42 bits per heavy atom. The molecule has 2 N–H and O–H groups in total. The van der Waals surface area contributed by atoms with Gasteiger partial charge < -0.3 is 10.3 Å². The highest BCUT2D eigenvalue weighted by Gasteiger charge is 2.25. The molecule has 1 unspecified atom stereocenters. The van der Waals surface area contributed by atoms with Crippen molar-refractivity contribution in [3.8, 4) is 0 Å². The molecular weight excluding hydrogens is 152 g/mol. The lowest BCUT2D eigenvalue weighted by atomic mass is 9.87. The number of nitrogens with two attached hydrogens (primary N) is 1. The van der Waals surface area contributed by atoms with Gasteiger partial charge in [-0.3, -0.25) is 0 Å². The molecule has 4 nitrogen and oxygen atoms in total. The van der Waals surface area contributed by atoms with Crippen LogP contribution in [-0.2, 0) is 7.05 Å². The first kappa shape index (κ1) is 9.19. The highest BCUT2D eigenvalue weighted by Crippen LogP contribution is 2.28. The van der Waals surface area contributed by atoms with Crippen LogP contribution in [0.3, 0.4) is 0 Å². The normalized spacial score (nSPS) is 14.8. The number of hydrogen-bond acceptors (Lipinski definition) is 3. The Morgan fingerprint density at radius 2 is 2.08 bits per heavy atom. The SMILES string of the molecule is Cn1cnnc1C(N)C(C)(C)C. The molecule has 1 heterocycles. The number of nitrogens with zero attached hydrogens (tertiary/aromatic N) is 3. The van der Waals surface area contributed by atoms with E-state index in [2.05, 4.69) is 31.0 Å². The summed E-state index contributed by atoms with van der Waals surface area (Å²) in [5.41, 5.74) is 6.02. The second-order valence-electron chi connectivity index (χ2n) is 4.14. The molecule has 1 aromatic rings. The number of hydrogen-bond donors (Lipinski definition) is 1. The molecule has 0 saturated heterocycles. The fraction of sp³-hybridized carbons (Fsp3) is 0.750. The predicted molar refractivity (Wildman–Crippen MR) is 47.4 cm³/mol. The van der Waals surface area contributed by atoms with Gasteiger partial charge in [0.25, 0.3) is 0 Å². The maximum atomic E-state index is 5.99. The molecule has 1 aromatic heterocycles. The molecule has 68 valence electrons. The van der Waals surface area contributed by atoms with E-state index in [1.807, 2.05) is 11.6 Å². The topological polar surface area (TPSA) is 56.7 Å². The van der Waals surface area contributed by atoms with E-state index in [1.165, 1.54) is 0 Å². The zero-order chi connectivity index (χ0) is 9.35. The fourth-order valence-electron chi connectivity index (χ4n) is 0.961. The van der Waals surface area contributed by atoms with Crippen LogP contribution < -0.4 is 5.73 Å². The Balaban J connectivity index is 2.92. The molecule has 0 spiro atoms. The lowest BCUT2D eigenvalue weighted by molar-refractivity contribution is 0.310. The van der Waals surface area contributed by atoms with E-state index in [9.17, 15) is 0 Å². The van der Waals surface area contributed by atoms with E-state index >= 15 is 0 Å². The van der Waals surface area contributed by atoms with Gasteiger partial charge in [-0.05, 0) is 5.41 Å². The van der Waals surface area contributed by atoms with Crippen LogP contribution in [0.1, 0.15) is 32.6 Å². The molecular formula is C8H16N4. The van der Waals surface area contributed by atoms with Crippen molar-refractivity contribution in [2.75, 3.05) is 0 Å². The molecule has 0 radical (unpaired) electrons. The molecule has 0 aliphatic carbocycles. The van der Waals surface area contributed by atoms with Gasteiger partial charge in [0.05, 0.1) is 6.04 Å². The zero-order valence-corrected chi connectivity index (χ0v) is 8.07. The van der Waals surface area contributed by atoms with Crippen molar-refractivity contribution >= 4 is 0 Å². The summed E-state index contributed by atoms with van der Waals surface area (Å²) in [4.78, 5) is 0. The van der Waals surface area contributed by atoms with Gasteiger partial charge in [-0.25, -0.2) is 0 Å². The van der Waals surface area contributed by atoms with Gasteiger partial charge in [0.15, 0.2) is 0 Å². The minimum Gasteiger partial charge on any atom is -0.321 e. The van der Waals surface area contributed by atoms with Gasteiger partial charge in [0.1, 0.15) is 12.2 Å². The van der Waals surface area contributed by atoms with Crippen molar-refractivity contribution in [3.05, 3.63) is 12.2 Å². The minimum atomic E-state index is -0.0648. The first-order valence-electron chi connectivity index (χ1n) is 4.02. The summed E-state index contributed by atoms with van der Waals surface area (Å²) in [6.07, 6.45) is 1.67. The molecule has 1 atom stereocenters. The maximum absolute atomic E-state index is 5.99. The van der Waals surface area contributed by atoms with E-state index in [4.69, 9.17) is 5.73 Å². The van der Waals surface area contributed by atoms with Crippen LogP contribution in [0.15, 0.2) is 6.33 Å². The van der Waals surface area contributed by atoms with Gasteiger partial charge >= 0.3 is 0 Å². The average molecular weight is 168 g/mol. The van der Waals surface area contributed by atoms with E-state index < -0.39 is 0 Å². The summed E-state index contributed by atoms with van der Waals surface area (Å²) in [5.74, 6) is 0.836. The minimum absolute atomic E-state index is 0.0286. The highest BCUT2D eigenvalue weighted by molar-refractivity contribution is 4.97. The lowest BCUT2D eigenvalue weighted by Crippen LogP contribution is -2.28. The number of aromatic nitrogens is 3. The molecule has 0 aliphatic rings. The van der Waals surface area contributed by atoms with Crippen molar-refractivity contribution in [2.45, 2.75) is 26.8 Å². The van der Waals surface area contributed by atoms with Crippen LogP contribution in [0.5, 0.6) is 0 Å². The third-order valence-corrected chi connectivity index (χ3v) is 1.96. The summed E-state index contributed by atoms with van der Waals surface area (Å²) in [6, 6.07) is -0.0648. The first-order chi connectivity index (χ1) is 5.43. The predicted octanol–water partition coefficient (Wildman–Crippen LogP) is 0.861. The Kier molecular flexibility index (Phi) is 2.19. The summed E-state index contributed by atoms with van der Waals surface area (Å²) in [7, 11) is 1.90. The van der Waals surface area contributed by atoms with Crippen molar-refractivity contribution in [2.24, 2.45) is 18.2 Å². The molecule has 4 heteroatoms. The second kappa shape index (κ2) is 2.86. The van der Waals surface area contributed by atoms with Gasteiger partial charge in [-0.1, -0.05) is 20.8 Å². The van der Waals surface area contributed by atoms with Gasteiger partial charge in [0, 0.05) is 7.05 Å². The molecule has 12 heavy (non-hydrogen) atoms. The number of aryl methyl sites for hydroxylation is 1. The van der Waals surface area contributed by atoms with Crippen molar-refractivity contribution in [3.63, 3.8) is 0 Å². The second-order valence-corrected chi connectivity index (χ2v) is 4.14. The number of rotatable bonds is 1. The molecule has 0 aliphatic heterocycles. The Hall–Kier alpha value is -0.900. The van der Waals surface area contributed by atoms with Crippen molar-refractivity contribution in [1.82, 2.24) is 14.8 Å². The summed E-state index contributed by atoms with van der Waals surface area (Å²) < 4.78 is 1.86. The van der Waals surface area contributed by atoms with Crippen molar-refractivity contribution < 1.29 is 0 Å². The van der Waals surface area contributed by atoms with Gasteiger partial charge in [-0.2, -0.15) is 0 Å². The quantitative estimate of drug-likeness (QED) is 0.676. The van der Waals surface area contributed by atoms with Gasteiger partial charge in [-0.15, -0.1) is 10.2 Å². The van der Waals surface area contributed by atoms with Crippen LogP contribution in [0.25, 0.3) is 0 Å². The molecule has 0 saturated carbocycles. The van der Waals surface area contributed by atoms with E-state index in [0.717, 1.165) is 5.82 Å². The standard InChI is InChI=1S/C8H16N4/c1-8(2,3)6(9)7-11-10-5-12(7)4/h5-6H,9H2,1-4H3. The smallest absolute Gasteiger partial charge is 0.150 e. The Bertz CT molecular complexity index is 258. The third kappa shape index (κ3) is 1.64. The molecule has 0 amide bonds. The maximum Gasteiger partial charge on any atom is 0.150 e. The largest absolute Gasteiger partial charge is 0.321 e. The van der Waals surface area contributed by atoms with E-state index in [1.54, 1.807) is 6.33 Å². The van der Waals surface area contributed by atoms with Crippen LogP contribution in [0, 0.1) is 5.41 Å². The molecule has 1 rings (SSSR count). The summed E-state index contributed by atoms with van der Waals surface area (Å²) in [5, 5.41) is 7.76.